The van der Waals surface area contributed by atoms with E-state index in [0.717, 1.165) is 28.9 Å². The molecule has 0 aliphatic heterocycles. The third kappa shape index (κ3) is 3.92. The van der Waals surface area contributed by atoms with E-state index in [1.54, 1.807) is 0 Å². The second-order valence-electron chi connectivity index (χ2n) is 8.19. The van der Waals surface area contributed by atoms with Crippen LogP contribution < -0.4 is 5.56 Å². The number of aromatic nitrogens is 7. The summed E-state index contributed by atoms with van der Waals surface area (Å²) in [5.41, 5.74) is -3.06. The predicted molar refractivity (Wildman–Crippen MR) is 118 cm³/mol. The van der Waals surface area contributed by atoms with Crippen LogP contribution in [-0.2, 0) is 12.1 Å². The van der Waals surface area contributed by atoms with E-state index in [-0.39, 0.29) is 23.3 Å². The summed E-state index contributed by atoms with van der Waals surface area (Å²) >= 11 is 0. The molecule has 3 aromatic heterocycles. The van der Waals surface area contributed by atoms with Gasteiger partial charge in [0.25, 0.3) is 5.56 Å². The van der Waals surface area contributed by atoms with Gasteiger partial charge in [0.1, 0.15) is 29.9 Å². The standard InChI is InChI=1S/C23H17F4N7O2/c1-13(23(36,10-32-12-28-11-30-32)17-4-2-15(24)6-19(17)26)34-22(35)21-14(8-29-34)9-33(31-21)16-3-5-18(25)20(27)7-16/h2-9,11-13,36H,10H2,1H3/t13-,23-/m1/s1. The lowest BCUT2D eigenvalue weighted by Crippen LogP contribution is -2.44. The molecule has 0 spiro atoms. The first-order valence-electron chi connectivity index (χ1n) is 10.6. The number of nitrogens with zero attached hydrogens (tertiary/aromatic N) is 7. The normalized spacial score (nSPS) is 14.2. The van der Waals surface area contributed by atoms with E-state index < -0.39 is 40.5 Å². The number of hydrogen-bond acceptors (Lipinski definition) is 6. The lowest BCUT2D eigenvalue weighted by Gasteiger charge is -2.34. The lowest BCUT2D eigenvalue weighted by atomic mass is 9.86. The average molecular weight is 499 g/mol. The van der Waals surface area contributed by atoms with Crippen LogP contribution in [-0.4, -0.2) is 39.4 Å². The fraction of sp³-hybridized carbons (Fsp3) is 0.174. The van der Waals surface area contributed by atoms with Crippen molar-refractivity contribution in [2.45, 2.75) is 25.1 Å². The molecule has 0 bridgehead atoms. The van der Waals surface area contributed by atoms with Crippen molar-refractivity contribution in [1.82, 2.24) is 34.3 Å². The van der Waals surface area contributed by atoms with Crippen molar-refractivity contribution < 1.29 is 22.7 Å². The molecule has 0 saturated carbocycles. The number of aliphatic hydroxyl groups is 1. The van der Waals surface area contributed by atoms with Crippen LogP contribution in [0.3, 0.4) is 0 Å². The van der Waals surface area contributed by atoms with Crippen LogP contribution in [0.15, 0.2) is 66.2 Å². The molecule has 0 aliphatic rings. The van der Waals surface area contributed by atoms with Gasteiger partial charge in [0.2, 0.25) is 0 Å². The Balaban J connectivity index is 1.62. The van der Waals surface area contributed by atoms with E-state index in [1.807, 2.05) is 0 Å². The van der Waals surface area contributed by atoms with Gasteiger partial charge in [-0.3, -0.25) is 4.79 Å². The summed E-state index contributed by atoms with van der Waals surface area (Å²) in [5.74, 6) is -3.99. The summed E-state index contributed by atoms with van der Waals surface area (Å²) in [5, 5.41) is 24.3. The fourth-order valence-corrected chi connectivity index (χ4v) is 4.02. The highest BCUT2D eigenvalue weighted by molar-refractivity contribution is 5.76. The van der Waals surface area contributed by atoms with Gasteiger partial charge >= 0.3 is 0 Å². The van der Waals surface area contributed by atoms with E-state index in [0.29, 0.717) is 11.5 Å². The zero-order valence-electron chi connectivity index (χ0n) is 18.6. The molecular weight excluding hydrogens is 482 g/mol. The van der Waals surface area contributed by atoms with Crippen molar-refractivity contribution in [3.8, 4) is 5.69 Å². The topological polar surface area (TPSA) is 104 Å². The van der Waals surface area contributed by atoms with Crippen LogP contribution in [0.4, 0.5) is 17.6 Å². The maximum Gasteiger partial charge on any atom is 0.295 e. The third-order valence-electron chi connectivity index (χ3n) is 5.97. The molecule has 5 rings (SSSR count). The summed E-state index contributed by atoms with van der Waals surface area (Å²) in [4.78, 5) is 17.2. The largest absolute Gasteiger partial charge is 0.381 e. The molecule has 184 valence electrons. The Hall–Kier alpha value is -4.39. The van der Waals surface area contributed by atoms with Gasteiger partial charge in [-0.15, -0.1) is 0 Å². The second-order valence-corrected chi connectivity index (χ2v) is 8.19. The fourth-order valence-electron chi connectivity index (χ4n) is 4.02. The van der Waals surface area contributed by atoms with Crippen LogP contribution >= 0.6 is 0 Å². The minimum Gasteiger partial charge on any atom is -0.381 e. The highest BCUT2D eigenvalue weighted by atomic mass is 19.2. The molecule has 0 fully saturated rings. The molecule has 0 saturated heterocycles. The first-order valence-corrected chi connectivity index (χ1v) is 10.6. The van der Waals surface area contributed by atoms with Crippen LogP contribution in [0.5, 0.6) is 0 Å². The minimum absolute atomic E-state index is 0.0794. The van der Waals surface area contributed by atoms with Gasteiger partial charge in [0.05, 0.1) is 24.5 Å². The molecule has 13 heteroatoms. The summed E-state index contributed by atoms with van der Waals surface area (Å²) < 4.78 is 58.8. The second kappa shape index (κ2) is 8.68. The molecular formula is C23H17F4N7O2. The van der Waals surface area contributed by atoms with Gasteiger partial charge in [-0.05, 0) is 25.1 Å². The number of halogens is 4. The SMILES string of the molecule is C[C@@H](n1ncc2cn(-c3ccc(F)c(F)c3)nc2c1=O)[C@](O)(Cn1cncn1)c1ccc(F)cc1F. The van der Waals surface area contributed by atoms with Crippen LogP contribution in [0.25, 0.3) is 16.6 Å². The first kappa shape index (κ1) is 23.4. The maximum atomic E-state index is 14.8. The average Bonchev–Trinajstić information content (AvgIpc) is 3.51. The molecule has 3 heterocycles. The third-order valence-corrected chi connectivity index (χ3v) is 5.97. The summed E-state index contributed by atoms with van der Waals surface area (Å²) in [7, 11) is 0. The van der Waals surface area contributed by atoms with Crippen molar-refractivity contribution >= 4 is 10.9 Å². The van der Waals surface area contributed by atoms with E-state index in [2.05, 4.69) is 20.3 Å². The van der Waals surface area contributed by atoms with Crippen LogP contribution in [0, 0.1) is 23.3 Å². The zero-order chi connectivity index (χ0) is 25.6. The lowest BCUT2D eigenvalue weighted by molar-refractivity contribution is -0.0382. The van der Waals surface area contributed by atoms with E-state index in [1.165, 1.54) is 47.4 Å². The molecule has 0 amide bonds. The Morgan fingerprint density at radius 3 is 2.53 bits per heavy atom. The number of hydrogen-bond donors (Lipinski definition) is 1. The highest BCUT2D eigenvalue weighted by Crippen LogP contribution is 2.36. The Kier molecular flexibility index (Phi) is 5.63. The number of fused-ring (bicyclic) bond motifs is 1. The predicted octanol–water partition coefficient (Wildman–Crippen LogP) is 2.88. The first-order chi connectivity index (χ1) is 17.2. The Labute approximate surface area is 199 Å². The molecule has 5 aromatic rings. The van der Waals surface area contributed by atoms with Gasteiger partial charge in [-0.1, -0.05) is 6.07 Å². The van der Waals surface area contributed by atoms with Crippen molar-refractivity contribution in [2.75, 3.05) is 0 Å². The smallest absolute Gasteiger partial charge is 0.295 e. The van der Waals surface area contributed by atoms with Gasteiger partial charge in [0.15, 0.2) is 17.2 Å². The van der Waals surface area contributed by atoms with Crippen LogP contribution in [0.1, 0.15) is 18.5 Å². The van der Waals surface area contributed by atoms with Gasteiger partial charge < -0.3 is 5.11 Å². The molecule has 0 unspecified atom stereocenters. The molecule has 36 heavy (non-hydrogen) atoms. The summed E-state index contributed by atoms with van der Waals surface area (Å²) in [6, 6.07) is 4.62. The molecule has 0 aliphatic carbocycles. The molecule has 0 radical (unpaired) electrons. The van der Waals surface area contributed by atoms with Crippen LogP contribution in [0.2, 0.25) is 0 Å². The van der Waals surface area contributed by atoms with E-state index >= 15 is 0 Å². The molecule has 2 aromatic carbocycles. The quantitative estimate of drug-likeness (QED) is 0.361. The van der Waals surface area contributed by atoms with Crippen molar-refractivity contribution in [2.24, 2.45) is 0 Å². The summed E-state index contributed by atoms with van der Waals surface area (Å²) in [6.45, 7) is 1.10. The van der Waals surface area contributed by atoms with Gasteiger partial charge in [-0.2, -0.15) is 15.3 Å². The number of rotatable bonds is 6. The maximum absolute atomic E-state index is 14.8. The van der Waals surface area contributed by atoms with Crippen molar-refractivity contribution in [1.29, 1.82) is 0 Å². The van der Waals surface area contributed by atoms with Crippen molar-refractivity contribution in [3.63, 3.8) is 0 Å². The zero-order valence-corrected chi connectivity index (χ0v) is 18.6. The monoisotopic (exact) mass is 499 g/mol. The molecule has 2 atom stereocenters. The Morgan fingerprint density at radius 2 is 1.83 bits per heavy atom. The minimum atomic E-state index is -2.13. The van der Waals surface area contributed by atoms with Crippen molar-refractivity contribution in [3.05, 3.63) is 101 Å². The highest BCUT2D eigenvalue weighted by Gasteiger charge is 2.41. The summed E-state index contributed by atoms with van der Waals surface area (Å²) in [6.07, 6.45) is 5.22. The Morgan fingerprint density at radius 1 is 1.03 bits per heavy atom. The van der Waals surface area contributed by atoms with E-state index in [9.17, 15) is 27.5 Å². The number of benzene rings is 2. The van der Waals surface area contributed by atoms with Gasteiger partial charge in [-0.25, -0.2) is 36.6 Å². The Bertz CT molecular complexity index is 1630. The van der Waals surface area contributed by atoms with E-state index in [4.69, 9.17) is 0 Å². The molecule has 9 nitrogen and oxygen atoms in total. The van der Waals surface area contributed by atoms with Gasteiger partial charge in [0, 0.05) is 29.3 Å². The molecule has 1 N–H and O–H groups in total.